The fraction of sp³-hybridized carbons (Fsp3) is 0.118. The fourth-order valence-electron chi connectivity index (χ4n) is 2.74. The van der Waals surface area contributed by atoms with E-state index >= 15 is 0 Å². The van der Waals surface area contributed by atoms with Crippen molar-refractivity contribution in [3.05, 3.63) is 53.2 Å². The van der Waals surface area contributed by atoms with Crippen LogP contribution in [0.5, 0.6) is 0 Å². The molecule has 0 aliphatic rings. The number of nitrogens with zero attached hydrogens (tertiary/aromatic N) is 4. The van der Waals surface area contributed by atoms with Crippen LogP contribution in [0.4, 0.5) is 11.6 Å². The lowest BCUT2D eigenvalue weighted by Gasteiger charge is -2.06. The van der Waals surface area contributed by atoms with Gasteiger partial charge in [-0.15, -0.1) is 5.10 Å². The van der Waals surface area contributed by atoms with Gasteiger partial charge in [0, 0.05) is 12.0 Å². The summed E-state index contributed by atoms with van der Waals surface area (Å²) in [5, 5.41) is 13.7. The Kier molecular flexibility index (Phi) is 3.22. The van der Waals surface area contributed by atoms with Crippen LogP contribution in [0.3, 0.4) is 0 Å². The van der Waals surface area contributed by atoms with E-state index in [4.69, 9.17) is 20.3 Å². The van der Waals surface area contributed by atoms with Crippen molar-refractivity contribution in [1.82, 2.24) is 14.6 Å². The Morgan fingerprint density at radius 1 is 1.28 bits per heavy atom. The summed E-state index contributed by atoms with van der Waals surface area (Å²) in [5.41, 5.74) is 13.9. The molecule has 0 saturated carbocycles. The van der Waals surface area contributed by atoms with E-state index in [9.17, 15) is 5.26 Å². The fourth-order valence-corrected chi connectivity index (χ4v) is 2.74. The Hall–Kier alpha value is -3.73. The summed E-state index contributed by atoms with van der Waals surface area (Å²) in [5.74, 6) is 2.35. The molecule has 0 unspecified atom stereocenters. The molecule has 0 atom stereocenters. The van der Waals surface area contributed by atoms with E-state index in [1.54, 1.807) is 24.5 Å². The lowest BCUT2D eigenvalue weighted by atomic mass is 10.1. The van der Waals surface area contributed by atoms with Crippen molar-refractivity contribution in [2.45, 2.75) is 13.3 Å². The number of rotatable bonds is 3. The number of fused-ring (bicyclic) bond motifs is 1. The Bertz CT molecular complexity index is 1110. The molecule has 0 amide bonds. The summed E-state index contributed by atoms with van der Waals surface area (Å²) in [4.78, 5) is 4.57. The van der Waals surface area contributed by atoms with Gasteiger partial charge in [0.05, 0.1) is 6.26 Å². The molecular formula is C17H14N6O2. The van der Waals surface area contributed by atoms with Gasteiger partial charge < -0.3 is 20.3 Å². The maximum absolute atomic E-state index is 9.51. The van der Waals surface area contributed by atoms with Crippen molar-refractivity contribution in [2.75, 3.05) is 11.5 Å². The van der Waals surface area contributed by atoms with Crippen molar-refractivity contribution in [3.63, 3.8) is 0 Å². The third-order valence-electron chi connectivity index (χ3n) is 3.94. The van der Waals surface area contributed by atoms with Crippen LogP contribution < -0.4 is 11.5 Å². The van der Waals surface area contributed by atoms with Gasteiger partial charge in [-0.1, -0.05) is 0 Å². The van der Waals surface area contributed by atoms with Gasteiger partial charge in [0.25, 0.3) is 0 Å². The van der Waals surface area contributed by atoms with Gasteiger partial charge >= 0.3 is 0 Å². The highest BCUT2D eigenvalue weighted by molar-refractivity contribution is 5.75. The minimum atomic E-state index is 0.161. The van der Waals surface area contributed by atoms with Crippen LogP contribution in [0, 0.1) is 18.3 Å². The first kappa shape index (κ1) is 14.8. The van der Waals surface area contributed by atoms with Crippen molar-refractivity contribution >= 4 is 17.3 Å². The van der Waals surface area contributed by atoms with Crippen molar-refractivity contribution in [3.8, 4) is 17.5 Å². The molecule has 8 nitrogen and oxygen atoms in total. The molecule has 4 rings (SSSR count). The van der Waals surface area contributed by atoms with Gasteiger partial charge in [-0.05, 0) is 31.2 Å². The van der Waals surface area contributed by atoms with Crippen LogP contribution in [0.15, 0.2) is 39.4 Å². The SMILES string of the molecule is Cc1ccc(-c2nc3c(Cc4ccco4)c(N)nn3c(N)c2C#N)o1. The standard InChI is InChI=1S/C17H14N6O2/c1-9-4-5-13(25-9)14-12(8-18)16(20)23-17(21-14)11(15(19)22-23)7-10-3-2-6-24-10/h2-6H,7,20H2,1H3,(H2,19,22). The van der Waals surface area contributed by atoms with Gasteiger partial charge in [0.15, 0.2) is 17.2 Å². The quantitative estimate of drug-likeness (QED) is 0.588. The molecule has 8 heteroatoms. The van der Waals surface area contributed by atoms with Crippen LogP contribution in [0.2, 0.25) is 0 Å². The number of anilines is 2. The predicted molar refractivity (Wildman–Crippen MR) is 90.5 cm³/mol. The molecule has 4 heterocycles. The lowest BCUT2D eigenvalue weighted by Crippen LogP contribution is -2.06. The first-order chi connectivity index (χ1) is 12.1. The molecule has 0 fully saturated rings. The number of nitrogens with two attached hydrogens (primary N) is 2. The number of nitriles is 1. The third kappa shape index (κ3) is 2.30. The van der Waals surface area contributed by atoms with E-state index < -0.39 is 0 Å². The van der Waals surface area contributed by atoms with E-state index in [1.165, 1.54) is 4.52 Å². The highest BCUT2D eigenvalue weighted by Crippen LogP contribution is 2.31. The first-order valence-electron chi connectivity index (χ1n) is 7.54. The van der Waals surface area contributed by atoms with Crippen LogP contribution in [0.25, 0.3) is 17.1 Å². The molecule has 0 spiro atoms. The molecule has 4 aromatic rings. The average molecular weight is 334 g/mol. The highest BCUT2D eigenvalue weighted by atomic mass is 16.3. The summed E-state index contributed by atoms with van der Waals surface area (Å²) >= 11 is 0. The van der Waals surface area contributed by atoms with E-state index in [1.807, 2.05) is 13.0 Å². The second kappa shape index (κ2) is 5.42. The van der Waals surface area contributed by atoms with Crippen molar-refractivity contribution < 1.29 is 8.83 Å². The van der Waals surface area contributed by atoms with Crippen molar-refractivity contribution in [1.29, 1.82) is 5.26 Å². The van der Waals surface area contributed by atoms with Gasteiger partial charge in [-0.3, -0.25) is 0 Å². The molecule has 0 aliphatic carbocycles. The molecule has 0 bridgehead atoms. The van der Waals surface area contributed by atoms with E-state index in [-0.39, 0.29) is 17.2 Å². The van der Waals surface area contributed by atoms with Crippen molar-refractivity contribution in [2.24, 2.45) is 0 Å². The Balaban J connectivity index is 1.98. The number of hydrogen-bond acceptors (Lipinski definition) is 7. The largest absolute Gasteiger partial charge is 0.469 e. The monoisotopic (exact) mass is 334 g/mol. The molecular weight excluding hydrogens is 320 g/mol. The van der Waals surface area contributed by atoms with Gasteiger partial charge in [-0.2, -0.15) is 9.78 Å². The number of hydrogen-bond donors (Lipinski definition) is 2. The number of aromatic nitrogens is 3. The minimum Gasteiger partial charge on any atom is -0.469 e. The van der Waals surface area contributed by atoms with E-state index in [2.05, 4.69) is 16.2 Å². The van der Waals surface area contributed by atoms with E-state index in [0.717, 1.165) is 5.76 Å². The summed E-state index contributed by atoms with van der Waals surface area (Å²) in [7, 11) is 0. The predicted octanol–water partition coefficient (Wildman–Crippen LogP) is 2.52. The zero-order valence-electron chi connectivity index (χ0n) is 13.4. The van der Waals surface area contributed by atoms with Gasteiger partial charge in [0.1, 0.15) is 34.7 Å². The molecule has 0 radical (unpaired) electrons. The maximum Gasteiger partial charge on any atom is 0.164 e. The normalized spacial score (nSPS) is 11.0. The number of aryl methyl sites for hydroxylation is 1. The number of nitrogen functional groups attached to an aromatic ring is 2. The molecule has 0 saturated heterocycles. The lowest BCUT2D eigenvalue weighted by molar-refractivity contribution is 0.521. The molecule has 4 N–H and O–H groups in total. The first-order valence-corrected chi connectivity index (χ1v) is 7.54. The second-order valence-electron chi connectivity index (χ2n) is 5.60. The minimum absolute atomic E-state index is 0.161. The molecule has 0 aromatic carbocycles. The summed E-state index contributed by atoms with van der Waals surface area (Å²) in [6.45, 7) is 1.82. The van der Waals surface area contributed by atoms with Crippen LogP contribution in [0.1, 0.15) is 22.6 Å². The van der Waals surface area contributed by atoms with E-state index in [0.29, 0.717) is 34.8 Å². The van der Waals surface area contributed by atoms with Crippen LogP contribution in [-0.2, 0) is 6.42 Å². The molecule has 124 valence electrons. The van der Waals surface area contributed by atoms with Crippen LogP contribution in [-0.4, -0.2) is 14.6 Å². The summed E-state index contributed by atoms with van der Waals surface area (Å²) in [6.07, 6.45) is 2.00. The smallest absolute Gasteiger partial charge is 0.164 e. The zero-order valence-corrected chi connectivity index (χ0v) is 13.4. The Morgan fingerprint density at radius 3 is 2.76 bits per heavy atom. The number of furan rings is 2. The Morgan fingerprint density at radius 2 is 2.12 bits per heavy atom. The Labute approximate surface area is 142 Å². The molecule has 25 heavy (non-hydrogen) atoms. The zero-order chi connectivity index (χ0) is 17.6. The maximum atomic E-state index is 9.51. The third-order valence-corrected chi connectivity index (χ3v) is 3.94. The topological polar surface area (TPSA) is 132 Å². The highest BCUT2D eigenvalue weighted by Gasteiger charge is 2.22. The van der Waals surface area contributed by atoms with Gasteiger partial charge in [0.2, 0.25) is 0 Å². The molecule has 0 aliphatic heterocycles. The molecule has 4 aromatic heterocycles. The average Bonchev–Trinajstić information content (AvgIpc) is 3.31. The summed E-state index contributed by atoms with van der Waals surface area (Å²) < 4.78 is 12.4. The summed E-state index contributed by atoms with van der Waals surface area (Å²) in [6, 6.07) is 9.25. The van der Waals surface area contributed by atoms with Gasteiger partial charge in [-0.25, -0.2) is 4.98 Å². The second-order valence-corrected chi connectivity index (χ2v) is 5.60. The van der Waals surface area contributed by atoms with Crippen LogP contribution >= 0.6 is 0 Å².